The van der Waals surface area contributed by atoms with Gasteiger partial charge >= 0.3 is 0 Å². The summed E-state index contributed by atoms with van der Waals surface area (Å²) in [5, 5.41) is 0.930. The average molecular weight is 258 g/mol. The highest BCUT2D eigenvalue weighted by Crippen LogP contribution is 2.24. The predicted octanol–water partition coefficient (Wildman–Crippen LogP) is 2.86. The molecule has 0 atom stereocenters. The van der Waals surface area contributed by atoms with E-state index in [0.717, 1.165) is 0 Å². The highest BCUT2D eigenvalue weighted by atomic mass is 32.1. The van der Waals surface area contributed by atoms with Crippen molar-refractivity contribution in [3.63, 3.8) is 0 Å². The third kappa shape index (κ3) is 1.89. The SMILES string of the molecule is O=c1nc(-c2ccccn2)sc2cc(F)ccc12. The average Bonchev–Trinajstić information content (AvgIpc) is 2.39. The van der Waals surface area contributed by atoms with E-state index in [9.17, 15) is 9.18 Å². The van der Waals surface area contributed by atoms with Crippen LogP contribution in [0.25, 0.3) is 20.8 Å². The maximum atomic E-state index is 13.2. The molecule has 0 radical (unpaired) electrons. The summed E-state index contributed by atoms with van der Waals surface area (Å²) in [7, 11) is 0. The van der Waals surface area contributed by atoms with Crippen LogP contribution in [0.1, 0.15) is 0 Å². The Labute approximate surface area is 106 Å². The molecule has 0 N–H and O–H groups in total. The smallest absolute Gasteiger partial charge is 0.267 e. The first-order chi connectivity index (χ1) is 8.74. The molecule has 0 unspecified atom stereocenters. The zero-order valence-corrected chi connectivity index (χ0v) is 9.95. The first-order valence-electron chi connectivity index (χ1n) is 5.26. The van der Waals surface area contributed by atoms with Gasteiger partial charge in [-0.2, -0.15) is 4.98 Å². The molecule has 3 nitrogen and oxygen atoms in total. The zero-order chi connectivity index (χ0) is 12.5. The molecule has 2 heterocycles. The predicted molar refractivity (Wildman–Crippen MR) is 69.1 cm³/mol. The van der Waals surface area contributed by atoms with E-state index >= 15 is 0 Å². The second-order valence-electron chi connectivity index (χ2n) is 3.68. The van der Waals surface area contributed by atoms with Crippen molar-refractivity contribution in [3.05, 3.63) is 58.8 Å². The summed E-state index contributed by atoms with van der Waals surface area (Å²) in [6.07, 6.45) is 1.63. The Bertz CT molecular complexity index is 771. The number of hydrogen-bond acceptors (Lipinski definition) is 4. The number of aromatic nitrogens is 2. The van der Waals surface area contributed by atoms with Gasteiger partial charge in [-0.25, -0.2) is 4.39 Å². The number of rotatable bonds is 1. The Morgan fingerprint density at radius 2 is 2.06 bits per heavy atom. The van der Waals surface area contributed by atoms with Gasteiger partial charge in [0.25, 0.3) is 5.56 Å². The lowest BCUT2D eigenvalue weighted by Crippen LogP contribution is -2.06. The molecule has 1 aromatic carbocycles. The highest BCUT2D eigenvalue weighted by Gasteiger charge is 2.07. The normalized spacial score (nSPS) is 10.7. The minimum absolute atomic E-state index is 0.357. The number of hydrogen-bond donors (Lipinski definition) is 0. The lowest BCUT2D eigenvalue weighted by Gasteiger charge is -2.00. The van der Waals surface area contributed by atoms with Crippen LogP contribution in [0.4, 0.5) is 4.39 Å². The van der Waals surface area contributed by atoms with Crippen LogP contribution in [0.15, 0.2) is 47.4 Å². The molecule has 0 aliphatic rings. The molecule has 3 aromatic rings. The standard InChI is InChI=1S/C13H7FN2OS/c14-8-4-5-9-11(7-8)18-13(16-12(9)17)10-3-1-2-6-15-10/h1-7H. The van der Waals surface area contributed by atoms with Gasteiger partial charge in [0.2, 0.25) is 0 Å². The van der Waals surface area contributed by atoms with Gasteiger partial charge in [-0.3, -0.25) is 9.78 Å². The summed E-state index contributed by atoms with van der Waals surface area (Å²) >= 11 is 1.25. The van der Waals surface area contributed by atoms with Gasteiger partial charge in [-0.05, 0) is 30.3 Å². The number of halogens is 1. The van der Waals surface area contributed by atoms with Crippen molar-refractivity contribution in [2.24, 2.45) is 0 Å². The van der Waals surface area contributed by atoms with E-state index in [-0.39, 0.29) is 11.4 Å². The van der Waals surface area contributed by atoms with Crippen LogP contribution in [0, 0.1) is 5.82 Å². The Balaban J connectivity index is 2.30. The van der Waals surface area contributed by atoms with Crippen LogP contribution in [0.3, 0.4) is 0 Å². The monoisotopic (exact) mass is 258 g/mol. The second-order valence-corrected chi connectivity index (χ2v) is 4.71. The Hall–Kier alpha value is -2.14. The molecule has 2 aromatic heterocycles. The van der Waals surface area contributed by atoms with Crippen molar-refractivity contribution in [3.8, 4) is 10.7 Å². The van der Waals surface area contributed by atoms with Crippen LogP contribution in [0.2, 0.25) is 0 Å². The third-order valence-corrected chi connectivity index (χ3v) is 3.52. The van der Waals surface area contributed by atoms with Gasteiger partial charge in [0.1, 0.15) is 10.8 Å². The molecule has 88 valence electrons. The van der Waals surface area contributed by atoms with E-state index < -0.39 is 0 Å². The van der Waals surface area contributed by atoms with Crippen LogP contribution in [0.5, 0.6) is 0 Å². The minimum atomic E-state index is -0.365. The number of benzene rings is 1. The minimum Gasteiger partial charge on any atom is -0.267 e. The van der Waals surface area contributed by atoms with Crippen LogP contribution >= 0.6 is 11.3 Å². The van der Waals surface area contributed by atoms with E-state index in [0.29, 0.717) is 20.8 Å². The lowest BCUT2D eigenvalue weighted by atomic mass is 10.3. The van der Waals surface area contributed by atoms with Crippen molar-refractivity contribution < 1.29 is 4.39 Å². The molecule has 0 aliphatic carbocycles. The maximum Gasteiger partial charge on any atom is 0.279 e. The fourth-order valence-corrected chi connectivity index (χ4v) is 2.63. The van der Waals surface area contributed by atoms with E-state index in [2.05, 4.69) is 9.97 Å². The molecular formula is C13H7FN2OS. The zero-order valence-electron chi connectivity index (χ0n) is 9.13. The fourth-order valence-electron chi connectivity index (χ4n) is 1.64. The fraction of sp³-hybridized carbons (Fsp3) is 0. The van der Waals surface area contributed by atoms with Gasteiger partial charge in [0.05, 0.1) is 11.1 Å². The summed E-state index contributed by atoms with van der Waals surface area (Å²) in [4.78, 5) is 19.9. The molecule has 0 saturated carbocycles. The van der Waals surface area contributed by atoms with Gasteiger partial charge in [-0.15, -0.1) is 11.3 Å². The van der Waals surface area contributed by atoms with Gasteiger partial charge in [0.15, 0.2) is 0 Å². The Morgan fingerprint density at radius 1 is 1.17 bits per heavy atom. The van der Waals surface area contributed by atoms with Crippen molar-refractivity contribution in [2.45, 2.75) is 0 Å². The van der Waals surface area contributed by atoms with Gasteiger partial charge in [-0.1, -0.05) is 6.07 Å². The quantitative estimate of drug-likeness (QED) is 0.674. The first-order valence-corrected chi connectivity index (χ1v) is 6.07. The molecule has 0 bridgehead atoms. The van der Waals surface area contributed by atoms with Crippen molar-refractivity contribution in [1.29, 1.82) is 0 Å². The maximum absolute atomic E-state index is 13.2. The topological polar surface area (TPSA) is 42.9 Å². The van der Waals surface area contributed by atoms with E-state index in [4.69, 9.17) is 0 Å². The molecule has 3 rings (SSSR count). The Kier molecular flexibility index (Phi) is 2.60. The van der Waals surface area contributed by atoms with Crippen molar-refractivity contribution in [1.82, 2.24) is 9.97 Å². The molecule has 0 fully saturated rings. The number of pyridine rings is 1. The van der Waals surface area contributed by atoms with Crippen LogP contribution < -0.4 is 5.56 Å². The van der Waals surface area contributed by atoms with Crippen molar-refractivity contribution >= 4 is 21.4 Å². The molecule has 0 amide bonds. The van der Waals surface area contributed by atoms with Crippen molar-refractivity contribution in [2.75, 3.05) is 0 Å². The second kappa shape index (κ2) is 4.27. The molecule has 5 heteroatoms. The summed E-state index contributed by atoms with van der Waals surface area (Å²) < 4.78 is 13.8. The first kappa shape index (κ1) is 11.0. The van der Waals surface area contributed by atoms with Crippen LogP contribution in [-0.2, 0) is 0 Å². The number of nitrogens with zero attached hydrogens (tertiary/aromatic N) is 2. The lowest BCUT2D eigenvalue weighted by molar-refractivity contribution is 0.630. The van der Waals surface area contributed by atoms with Gasteiger partial charge in [0, 0.05) is 10.9 Å². The molecule has 0 saturated heterocycles. The van der Waals surface area contributed by atoms with Crippen LogP contribution in [-0.4, -0.2) is 9.97 Å². The highest BCUT2D eigenvalue weighted by molar-refractivity contribution is 7.21. The molecular weight excluding hydrogens is 251 g/mol. The largest absolute Gasteiger partial charge is 0.279 e. The molecule has 0 spiro atoms. The van der Waals surface area contributed by atoms with E-state index in [1.54, 1.807) is 18.3 Å². The van der Waals surface area contributed by atoms with Gasteiger partial charge < -0.3 is 0 Å². The summed E-state index contributed by atoms with van der Waals surface area (Å²) in [6, 6.07) is 9.43. The third-order valence-electron chi connectivity index (χ3n) is 2.47. The molecule has 18 heavy (non-hydrogen) atoms. The van der Waals surface area contributed by atoms with E-state index in [1.165, 1.54) is 29.5 Å². The number of fused-ring (bicyclic) bond motifs is 1. The molecule has 0 aliphatic heterocycles. The van der Waals surface area contributed by atoms with E-state index in [1.807, 2.05) is 6.07 Å². The summed E-state index contributed by atoms with van der Waals surface area (Å²) in [6.45, 7) is 0. The summed E-state index contributed by atoms with van der Waals surface area (Å²) in [5.41, 5.74) is 0.259. The Morgan fingerprint density at radius 3 is 2.83 bits per heavy atom. The summed E-state index contributed by atoms with van der Waals surface area (Å²) in [5.74, 6) is -0.365.